The van der Waals surface area contributed by atoms with E-state index in [1.54, 1.807) is 12.4 Å². The van der Waals surface area contributed by atoms with Gasteiger partial charge in [-0.25, -0.2) is 9.97 Å². The molecule has 0 fully saturated rings. The largest absolute Gasteiger partial charge is 0.549 e. The highest BCUT2D eigenvalue weighted by atomic mass is 16.4. The molecule has 0 aliphatic carbocycles. The Hall–Kier alpha value is -1.45. The lowest BCUT2D eigenvalue weighted by atomic mass is 9.90. The number of hydrogen-bond donors (Lipinski definition) is 0. The van der Waals surface area contributed by atoms with Gasteiger partial charge >= 0.3 is 0 Å². The molecule has 1 aromatic rings. The van der Waals surface area contributed by atoms with Crippen LogP contribution in [0.1, 0.15) is 51.9 Å². The zero-order chi connectivity index (χ0) is 13.2. The average molecular weight is 235 g/mol. The van der Waals surface area contributed by atoms with Gasteiger partial charge in [0.05, 0.1) is 0 Å². The predicted molar refractivity (Wildman–Crippen MR) is 63.3 cm³/mol. The van der Waals surface area contributed by atoms with Crippen LogP contribution in [0.5, 0.6) is 0 Å². The third-order valence-corrected chi connectivity index (χ3v) is 2.62. The Morgan fingerprint density at radius 3 is 2.00 bits per heavy atom. The van der Waals surface area contributed by atoms with Crippen molar-refractivity contribution in [2.45, 2.75) is 46.0 Å². The Morgan fingerprint density at radius 1 is 1.24 bits per heavy atom. The number of hydrogen-bond acceptors (Lipinski definition) is 4. The Morgan fingerprint density at radius 2 is 1.71 bits per heavy atom. The van der Waals surface area contributed by atoms with Gasteiger partial charge < -0.3 is 9.90 Å². The number of carbonyl (C=O) groups is 1. The van der Waals surface area contributed by atoms with Gasteiger partial charge in [0.1, 0.15) is 5.82 Å². The third-order valence-electron chi connectivity index (χ3n) is 2.62. The van der Waals surface area contributed by atoms with Gasteiger partial charge in [0.15, 0.2) is 0 Å². The predicted octanol–water partition coefficient (Wildman–Crippen LogP) is 1.26. The zero-order valence-corrected chi connectivity index (χ0v) is 11.0. The molecule has 0 saturated carbocycles. The maximum Gasteiger partial charge on any atom is 0.133 e. The summed E-state index contributed by atoms with van der Waals surface area (Å²) >= 11 is 0. The van der Waals surface area contributed by atoms with Crippen molar-refractivity contribution in [2.75, 3.05) is 0 Å². The lowest BCUT2D eigenvalue weighted by Gasteiger charge is -2.23. The number of carboxylic acid groups (broad SMARTS) is 1. The molecule has 0 aliphatic heterocycles. The highest BCUT2D eigenvalue weighted by Crippen LogP contribution is 2.24. The molecule has 1 rings (SSSR count). The number of nitrogens with zero attached hydrogens (tertiary/aromatic N) is 2. The first-order chi connectivity index (χ1) is 7.73. The van der Waals surface area contributed by atoms with Crippen LogP contribution in [-0.4, -0.2) is 15.9 Å². The van der Waals surface area contributed by atoms with Crippen molar-refractivity contribution in [3.05, 3.63) is 23.8 Å². The van der Waals surface area contributed by atoms with Gasteiger partial charge in [-0.05, 0) is 11.5 Å². The number of carboxylic acids is 1. The fourth-order valence-electron chi connectivity index (χ4n) is 1.68. The second-order valence-corrected chi connectivity index (χ2v) is 5.63. The third kappa shape index (κ3) is 3.25. The monoisotopic (exact) mass is 235 g/mol. The second-order valence-electron chi connectivity index (χ2n) is 5.63. The maximum atomic E-state index is 11.1. The van der Waals surface area contributed by atoms with Gasteiger partial charge in [0.2, 0.25) is 0 Å². The van der Waals surface area contributed by atoms with Crippen LogP contribution < -0.4 is 5.11 Å². The summed E-state index contributed by atoms with van der Waals surface area (Å²) in [6.45, 7) is 9.73. The molecule has 1 heterocycles. The fourth-order valence-corrected chi connectivity index (χ4v) is 1.68. The molecule has 0 bridgehead atoms. The minimum absolute atomic E-state index is 0.0379. The van der Waals surface area contributed by atoms with E-state index in [0.717, 1.165) is 0 Å². The maximum absolute atomic E-state index is 11.1. The smallest absolute Gasteiger partial charge is 0.133 e. The first kappa shape index (κ1) is 13.6. The Labute approximate surface area is 102 Å². The minimum Gasteiger partial charge on any atom is -0.549 e. The van der Waals surface area contributed by atoms with Crippen molar-refractivity contribution in [3.8, 4) is 0 Å². The number of carbonyl (C=O) groups excluding carboxylic acids is 1. The molecule has 0 amide bonds. The van der Waals surface area contributed by atoms with Crippen LogP contribution in [0.4, 0.5) is 0 Å². The molecule has 0 aliphatic rings. The standard InChI is InChI=1S/C13H20N2O2/c1-8(2)10(11(16)17)9-6-14-12(15-7-9)13(3,4)5/h6-8,10H,1-5H3,(H,16,17)/p-1. The van der Waals surface area contributed by atoms with Gasteiger partial charge in [0, 0.05) is 29.7 Å². The molecule has 4 heteroatoms. The highest BCUT2D eigenvalue weighted by Gasteiger charge is 2.21. The molecule has 17 heavy (non-hydrogen) atoms. The van der Waals surface area contributed by atoms with Crippen LogP contribution in [0.25, 0.3) is 0 Å². The van der Waals surface area contributed by atoms with Crippen molar-refractivity contribution in [1.29, 1.82) is 0 Å². The molecule has 1 aromatic heterocycles. The highest BCUT2D eigenvalue weighted by molar-refractivity contribution is 5.74. The van der Waals surface area contributed by atoms with Gasteiger partial charge in [-0.15, -0.1) is 0 Å². The summed E-state index contributed by atoms with van der Waals surface area (Å²) in [6, 6.07) is 0. The van der Waals surface area contributed by atoms with Crippen LogP contribution in [-0.2, 0) is 10.2 Å². The topological polar surface area (TPSA) is 65.9 Å². The summed E-state index contributed by atoms with van der Waals surface area (Å²) in [4.78, 5) is 19.5. The van der Waals surface area contributed by atoms with Crippen molar-refractivity contribution in [2.24, 2.45) is 5.92 Å². The van der Waals surface area contributed by atoms with Crippen LogP contribution in [0.3, 0.4) is 0 Å². The zero-order valence-electron chi connectivity index (χ0n) is 11.0. The molecule has 0 N–H and O–H groups in total. The quantitative estimate of drug-likeness (QED) is 0.791. The summed E-state index contributed by atoms with van der Waals surface area (Å²) in [7, 11) is 0. The van der Waals surface area contributed by atoms with E-state index in [0.29, 0.717) is 11.4 Å². The van der Waals surface area contributed by atoms with Crippen LogP contribution in [0.2, 0.25) is 0 Å². The van der Waals surface area contributed by atoms with E-state index in [9.17, 15) is 9.90 Å². The Kier molecular flexibility index (Phi) is 3.86. The van der Waals surface area contributed by atoms with Gasteiger partial charge in [-0.3, -0.25) is 0 Å². The van der Waals surface area contributed by atoms with Crippen LogP contribution in [0.15, 0.2) is 12.4 Å². The number of rotatable bonds is 3. The molecule has 0 radical (unpaired) electrons. The van der Waals surface area contributed by atoms with Crippen LogP contribution >= 0.6 is 0 Å². The van der Waals surface area contributed by atoms with E-state index in [1.807, 2.05) is 34.6 Å². The summed E-state index contributed by atoms with van der Waals surface area (Å²) in [5.74, 6) is -1.05. The summed E-state index contributed by atoms with van der Waals surface area (Å²) in [6.07, 6.45) is 3.18. The molecule has 0 spiro atoms. The minimum atomic E-state index is -1.08. The van der Waals surface area contributed by atoms with Gasteiger partial charge in [-0.2, -0.15) is 0 Å². The lowest BCUT2D eigenvalue weighted by molar-refractivity contribution is -0.309. The molecule has 1 unspecified atom stereocenters. The first-order valence-corrected chi connectivity index (χ1v) is 5.76. The molecule has 4 nitrogen and oxygen atoms in total. The molecular formula is C13H19N2O2-. The van der Waals surface area contributed by atoms with Gasteiger partial charge in [-0.1, -0.05) is 34.6 Å². The van der Waals surface area contributed by atoms with Crippen molar-refractivity contribution in [1.82, 2.24) is 9.97 Å². The summed E-state index contributed by atoms with van der Waals surface area (Å²) in [5.41, 5.74) is 0.473. The molecule has 1 atom stereocenters. The first-order valence-electron chi connectivity index (χ1n) is 5.76. The fraction of sp³-hybridized carbons (Fsp3) is 0.615. The Bertz CT molecular complexity index is 391. The summed E-state index contributed by atoms with van der Waals surface area (Å²) < 4.78 is 0. The van der Waals surface area contributed by atoms with E-state index in [4.69, 9.17) is 0 Å². The van der Waals surface area contributed by atoms with E-state index in [1.165, 1.54) is 0 Å². The SMILES string of the molecule is CC(C)C(C(=O)[O-])c1cnc(C(C)(C)C)nc1. The van der Waals surface area contributed by atoms with E-state index in [2.05, 4.69) is 9.97 Å². The average Bonchev–Trinajstić information content (AvgIpc) is 2.15. The van der Waals surface area contributed by atoms with E-state index >= 15 is 0 Å². The summed E-state index contributed by atoms with van der Waals surface area (Å²) in [5, 5.41) is 11.1. The molecular weight excluding hydrogens is 216 g/mol. The number of aromatic nitrogens is 2. The molecule has 94 valence electrons. The Balaban J connectivity index is 3.05. The lowest BCUT2D eigenvalue weighted by Crippen LogP contribution is -2.33. The van der Waals surface area contributed by atoms with Crippen molar-refractivity contribution < 1.29 is 9.90 Å². The number of aliphatic carboxylic acids is 1. The molecule has 0 saturated heterocycles. The van der Waals surface area contributed by atoms with Crippen molar-refractivity contribution >= 4 is 5.97 Å². The normalized spacial score (nSPS) is 13.8. The second kappa shape index (κ2) is 4.82. The van der Waals surface area contributed by atoms with Crippen LogP contribution in [0, 0.1) is 5.92 Å². The van der Waals surface area contributed by atoms with Gasteiger partial charge in [0.25, 0.3) is 0 Å². The molecule has 0 aromatic carbocycles. The van der Waals surface area contributed by atoms with E-state index < -0.39 is 11.9 Å². The van der Waals surface area contributed by atoms with Crippen molar-refractivity contribution in [3.63, 3.8) is 0 Å². The van der Waals surface area contributed by atoms with E-state index in [-0.39, 0.29) is 11.3 Å².